The smallest absolute Gasteiger partial charge is 0.0606 e. The summed E-state index contributed by atoms with van der Waals surface area (Å²) < 4.78 is 0. The summed E-state index contributed by atoms with van der Waals surface area (Å²) in [6, 6.07) is 5.90. The maximum Gasteiger partial charge on any atom is 0.0606 e. The van der Waals surface area contributed by atoms with Gasteiger partial charge in [0.05, 0.1) is 17.6 Å². The van der Waals surface area contributed by atoms with E-state index in [1.54, 1.807) is 0 Å². The van der Waals surface area contributed by atoms with Gasteiger partial charge in [0.25, 0.3) is 0 Å². The Hall–Kier alpha value is -1.97. The van der Waals surface area contributed by atoms with E-state index >= 15 is 0 Å². The second-order valence-corrected chi connectivity index (χ2v) is 3.91. The average molecular weight is 216 g/mol. The van der Waals surface area contributed by atoms with Crippen molar-refractivity contribution in [1.29, 1.82) is 0 Å². The highest BCUT2D eigenvalue weighted by Crippen LogP contribution is 2.23. The zero-order valence-electron chi connectivity index (χ0n) is 9.54. The molecule has 0 aliphatic heterocycles. The number of nitrogens with two attached hydrogens (primary N) is 1. The molecule has 0 atom stereocenters. The van der Waals surface area contributed by atoms with Crippen LogP contribution in [0.25, 0.3) is 0 Å². The molecule has 0 fully saturated rings. The van der Waals surface area contributed by atoms with Crippen LogP contribution in [-0.2, 0) is 6.54 Å². The maximum atomic E-state index is 5.91. The number of hydrogen-bond acceptors (Lipinski definition) is 3. The molecule has 0 aliphatic rings. The molecule has 4 heteroatoms. The lowest BCUT2D eigenvalue weighted by Crippen LogP contribution is -2.04. The Morgan fingerprint density at radius 3 is 2.81 bits per heavy atom. The third-order valence-corrected chi connectivity index (χ3v) is 2.69. The van der Waals surface area contributed by atoms with Gasteiger partial charge in [-0.1, -0.05) is 12.1 Å². The molecule has 0 saturated carbocycles. The van der Waals surface area contributed by atoms with Gasteiger partial charge in [0, 0.05) is 17.8 Å². The summed E-state index contributed by atoms with van der Waals surface area (Å²) >= 11 is 0. The number of anilines is 2. The van der Waals surface area contributed by atoms with Crippen molar-refractivity contribution in [2.24, 2.45) is 0 Å². The molecule has 0 aliphatic carbocycles. The molecule has 1 aromatic carbocycles. The predicted octanol–water partition coefficient (Wildman–Crippen LogP) is 2.22. The maximum absolute atomic E-state index is 5.91. The third-order valence-electron chi connectivity index (χ3n) is 2.69. The minimum Gasteiger partial charge on any atom is -0.397 e. The van der Waals surface area contributed by atoms with Crippen LogP contribution in [0.5, 0.6) is 0 Å². The Morgan fingerprint density at radius 2 is 2.19 bits per heavy atom. The number of H-pyrrole nitrogens is 1. The highest BCUT2D eigenvalue weighted by molar-refractivity contribution is 5.69. The van der Waals surface area contributed by atoms with Crippen molar-refractivity contribution in [3.8, 4) is 0 Å². The molecule has 0 bridgehead atoms. The molecule has 4 N–H and O–H groups in total. The van der Waals surface area contributed by atoms with Gasteiger partial charge in [0.2, 0.25) is 0 Å². The summed E-state index contributed by atoms with van der Waals surface area (Å²) in [5.74, 6) is 0. The first kappa shape index (κ1) is 10.5. The Labute approximate surface area is 94.9 Å². The topological polar surface area (TPSA) is 66.7 Å². The number of aromatic amines is 1. The Morgan fingerprint density at radius 1 is 1.38 bits per heavy atom. The van der Waals surface area contributed by atoms with Crippen molar-refractivity contribution in [3.63, 3.8) is 0 Å². The normalized spacial score (nSPS) is 10.4. The molecule has 0 unspecified atom stereocenters. The van der Waals surface area contributed by atoms with Gasteiger partial charge >= 0.3 is 0 Å². The van der Waals surface area contributed by atoms with Crippen LogP contribution in [0.15, 0.2) is 24.4 Å². The van der Waals surface area contributed by atoms with Gasteiger partial charge in [0.15, 0.2) is 0 Å². The molecule has 2 rings (SSSR count). The Bertz CT molecular complexity index is 467. The number of nitrogens with one attached hydrogen (secondary N) is 2. The van der Waals surface area contributed by atoms with E-state index in [-0.39, 0.29) is 0 Å². The molecule has 16 heavy (non-hydrogen) atoms. The minimum absolute atomic E-state index is 0.734. The van der Waals surface area contributed by atoms with Crippen LogP contribution < -0.4 is 11.1 Å². The number of aryl methyl sites for hydroxylation is 2. The van der Waals surface area contributed by atoms with E-state index in [1.165, 1.54) is 0 Å². The van der Waals surface area contributed by atoms with Crippen LogP contribution in [0.4, 0.5) is 11.4 Å². The Kier molecular flexibility index (Phi) is 2.81. The number of benzene rings is 1. The van der Waals surface area contributed by atoms with Crippen LogP contribution >= 0.6 is 0 Å². The van der Waals surface area contributed by atoms with Crippen LogP contribution in [0.2, 0.25) is 0 Å². The fourth-order valence-corrected chi connectivity index (χ4v) is 1.67. The first-order chi connectivity index (χ1) is 7.68. The number of hydrogen-bond donors (Lipinski definition) is 3. The molecule has 1 heterocycles. The number of nitrogens with zero attached hydrogens (tertiary/aromatic N) is 1. The van der Waals surface area contributed by atoms with Crippen LogP contribution in [0, 0.1) is 13.8 Å². The molecule has 2 aromatic rings. The molecule has 0 radical (unpaired) electrons. The molecular weight excluding hydrogens is 200 g/mol. The summed E-state index contributed by atoms with van der Waals surface area (Å²) in [7, 11) is 0. The van der Waals surface area contributed by atoms with Gasteiger partial charge in [-0.05, 0) is 25.5 Å². The van der Waals surface area contributed by atoms with E-state index < -0.39 is 0 Å². The van der Waals surface area contributed by atoms with E-state index in [0.29, 0.717) is 0 Å². The van der Waals surface area contributed by atoms with E-state index in [9.17, 15) is 0 Å². The van der Waals surface area contributed by atoms with Crippen molar-refractivity contribution < 1.29 is 0 Å². The monoisotopic (exact) mass is 216 g/mol. The van der Waals surface area contributed by atoms with Crippen molar-refractivity contribution in [3.05, 3.63) is 41.2 Å². The average Bonchev–Trinajstić information content (AvgIpc) is 2.64. The van der Waals surface area contributed by atoms with Crippen LogP contribution in [0.3, 0.4) is 0 Å². The predicted molar refractivity (Wildman–Crippen MR) is 66.2 cm³/mol. The highest BCUT2D eigenvalue weighted by Gasteiger charge is 2.04. The largest absolute Gasteiger partial charge is 0.397 e. The zero-order valence-corrected chi connectivity index (χ0v) is 9.54. The van der Waals surface area contributed by atoms with E-state index in [4.69, 9.17) is 5.73 Å². The Balaban J connectivity index is 2.14. The first-order valence-corrected chi connectivity index (χ1v) is 5.26. The van der Waals surface area contributed by atoms with Crippen molar-refractivity contribution >= 4 is 11.4 Å². The van der Waals surface area contributed by atoms with E-state index in [2.05, 4.69) is 15.5 Å². The number of rotatable bonds is 3. The lowest BCUT2D eigenvalue weighted by molar-refractivity contribution is 1.04. The highest BCUT2D eigenvalue weighted by atomic mass is 15.1. The molecule has 0 saturated heterocycles. The standard InChI is InChI=1S/C12H16N4/c1-8-4-3-5-11(13)12(8)14-6-10-7-15-16-9(10)2/h3-5,7,14H,6,13H2,1-2H3,(H,15,16). The number of para-hydroxylation sites is 1. The van der Waals surface area contributed by atoms with Gasteiger partial charge in [-0.2, -0.15) is 5.10 Å². The minimum atomic E-state index is 0.734. The first-order valence-electron chi connectivity index (χ1n) is 5.26. The fraction of sp³-hybridized carbons (Fsp3) is 0.250. The molecule has 4 nitrogen and oxygen atoms in total. The van der Waals surface area contributed by atoms with Gasteiger partial charge in [0.1, 0.15) is 0 Å². The van der Waals surface area contributed by atoms with Gasteiger partial charge in [-0.3, -0.25) is 5.10 Å². The van der Waals surface area contributed by atoms with Crippen molar-refractivity contribution in [2.75, 3.05) is 11.1 Å². The molecule has 84 valence electrons. The van der Waals surface area contributed by atoms with E-state index in [0.717, 1.165) is 34.7 Å². The van der Waals surface area contributed by atoms with Gasteiger partial charge in [-0.15, -0.1) is 0 Å². The lowest BCUT2D eigenvalue weighted by atomic mass is 10.1. The second kappa shape index (κ2) is 4.26. The van der Waals surface area contributed by atoms with Crippen LogP contribution in [0.1, 0.15) is 16.8 Å². The fourth-order valence-electron chi connectivity index (χ4n) is 1.67. The molecule has 0 spiro atoms. The quantitative estimate of drug-likeness (QED) is 0.689. The van der Waals surface area contributed by atoms with Crippen LogP contribution in [-0.4, -0.2) is 10.2 Å². The SMILES string of the molecule is Cc1cccc(N)c1NCc1cn[nH]c1C. The van der Waals surface area contributed by atoms with E-state index in [1.807, 2.05) is 38.2 Å². The summed E-state index contributed by atoms with van der Waals surface area (Å²) in [6.45, 7) is 4.78. The second-order valence-electron chi connectivity index (χ2n) is 3.91. The summed E-state index contributed by atoms with van der Waals surface area (Å²) in [4.78, 5) is 0. The molecule has 0 amide bonds. The van der Waals surface area contributed by atoms with Gasteiger partial charge in [-0.25, -0.2) is 0 Å². The van der Waals surface area contributed by atoms with Crippen molar-refractivity contribution in [2.45, 2.75) is 20.4 Å². The van der Waals surface area contributed by atoms with Crippen molar-refractivity contribution in [1.82, 2.24) is 10.2 Å². The van der Waals surface area contributed by atoms with Gasteiger partial charge < -0.3 is 11.1 Å². The molecule has 1 aromatic heterocycles. The molecular formula is C12H16N4. The third kappa shape index (κ3) is 2.00. The lowest BCUT2D eigenvalue weighted by Gasteiger charge is -2.11. The summed E-state index contributed by atoms with van der Waals surface area (Å²) in [5.41, 5.74) is 11.1. The summed E-state index contributed by atoms with van der Waals surface area (Å²) in [6.07, 6.45) is 1.83. The number of nitrogen functional groups attached to an aromatic ring is 1. The summed E-state index contributed by atoms with van der Waals surface area (Å²) in [5, 5.41) is 10.2. The number of aromatic nitrogens is 2. The zero-order chi connectivity index (χ0) is 11.5.